The topological polar surface area (TPSA) is 59.6 Å². The normalized spacial score (nSPS) is 26.6. The number of hydrogen-bond acceptors (Lipinski definition) is 3. The summed E-state index contributed by atoms with van der Waals surface area (Å²) in [6.45, 7) is 13.4. The number of carbonyl (C=O) groups is 1. The first kappa shape index (κ1) is 16.0. The van der Waals surface area contributed by atoms with E-state index in [0.717, 1.165) is 18.8 Å². The van der Waals surface area contributed by atoms with E-state index in [2.05, 4.69) is 45.1 Å². The van der Waals surface area contributed by atoms with Gasteiger partial charge >= 0.3 is 0 Å². The maximum absolute atomic E-state index is 12.1. The minimum atomic E-state index is -0.0739. The minimum Gasteiger partial charge on any atom is -0.338 e. The Morgan fingerprint density at radius 1 is 1.38 bits per heavy atom. The molecule has 5 nitrogen and oxygen atoms in total. The van der Waals surface area contributed by atoms with E-state index in [-0.39, 0.29) is 11.3 Å². The third kappa shape index (κ3) is 4.56. The minimum absolute atomic E-state index is 0.00269. The molecule has 2 heterocycles. The third-order valence-corrected chi connectivity index (χ3v) is 4.03. The summed E-state index contributed by atoms with van der Waals surface area (Å²) in [7, 11) is 0. The first-order chi connectivity index (χ1) is 9.74. The lowest BCUT2D eigenvalue weighted by Crippen LogP contribution is -3.15. The smallest absolute Gasteiger partial charge is 0.281 e. The number of aromatic nitrogens is 1. The SMILES string of the molecule is C[C@@H]1C[C@H](C)C[NH+](CC(=O)Nc2cc(C(C)(C)C)no2)C1. The molecule has 1 aliphatic rings. The van der Waals surface area contributed by atoms with Gasteiger partial charge in [-0.2, -0.15) is 0 Å². The van der Waals surface area contributed by atoms with E-state index >= 15 is 0 Å². The van der Waals surface area contributed by atoms with Crippen molar-refractivity contribution in [1.29, 1.82) is 0 Å². The summed E-state index contributed by atoms with van der Waals surface area (Å²) in [4.78, 5) is 13.5. The molecule has 1 unspecified atom stereocenters. The van der Waals surface area contributed by atoms with Gasteiger partial charge in [-0.1, -0.05) is 39.8 Å². The molecule has 118 valence electrons. The zero-order valence-corrected chi connectivity index (χ0v) is 13.8. The largest absolute Gasteiger partial charge is 0.338 e. The second kappa shape index (κ2) is 6.18. The number of carbonyl (C=O) groups excluding carboxylic acids is 1. The highest BCUT2D eigenvalue weighted by Gasteiger charge is 2.27. The van der Waals surface area contributed by atoms with E-state index in [1.165, 1.54) is 11.3 Å². The molecule has 2 N–H and O–H groups in total. The van der Waals surface area contributed by atoms with Crippen molar-refractivity contribution in [2.45, 2.75) is 46.5 Å². The van der Waals surface area contributed by atoms with Crippen LogP contribution in [-0.4, -0.2) is 30.7 Å². The maximum Gasteiger partial charge on any atom is 0.281 e. The van der Waals surface area contributed by atoms with Crippen molar-refractivity contribution in [3.63, 3.8) is 0 Å². The van der Waals surface area contributed by atoms with E-state index < -0.39 is 0 Å². The fourth-order valence-electron chi connectivity index (χ4n) is 3.16. The van der Waals surface area contributed by atoms with Crippen LogP contribution in [0.25, 0.3) is 0 Å². The van der Waals surface area contributed by atoms with Crippen LogP contribution in [0.1, 0.15) is 46.7 Å². The molecule has 3 atom stereocenters. The van der Waals surface area contributed by atoms with Gasteiger partial charge in [-0.05, 0) is 6.42 Å². The Kier molecular flexibility index (Phi) is 4.71. The van der Waals surface area contributed by atoms with Crippen molar-refractivity contribution in [3.8, 4) is 0 Å². The van der Waals surface area contributed by atoms with Gasteiger partial charge < -0.3 is 9.42 Å². The van der Waals surface area contributed by atoms with Crippen LogP contribution in [0.5, 0.6) is 0 Å². The summed E-state index contributed by atoms with van der Waals surface area (Å²) in [6, 6.07) is 1.81. The van der Waals surface area contributed by atoms with Crippen LogP contribution >= 0.6 is 0 Å². The molecular formula is C16H28N3O2+. The number of quaternary nitrogens is 1. The summed E-state index contributed by atoms with van der Waals surface area (Å²) >= 11 is 0. The molecular weight excluding hydrogens is 266 g/mol. The highest BCUT2D eigenvalue weighted by molar-refractivity contribution is 5.90. The summed E-state index contributed by atoms with van der Waals surface area (Å²) < 4.78 is 5.20. The first-order valence-corrected chi connectivity index (χ1v) is 7.84. The zero-order valence-electron chi connectivity index (χ0n) is 13.8. The predicted octanol–water partition coefficient (Wildman–Crippen LogP) is 1.47. The number of likely N-dealkylation sites (tertiary alicyclic amines) is 1. The molecule has 21 heavy (non-hydrogen) atoms. The lowest BCUT2D eigenvalue weighted by molar-refractivity contribution is -0.904. The highest BCUT2D eigenvalue weighted by Crippen LogP contribution is 2.23. The maximum atomic E-state index is 12.1. The van der Waals surface area contributed by atoms with Crippen molar-refractivity contribution in [2.24, 2.45) is 11.8 Å². The van der Waals surface area contributed by atoms with Crippen molar-refractivity contribution >= 4 is 11.8 Å². The Morgan fingerprint density at radius 3 is 2.52 bits per heavy atom. The van der Waals surface area contributed by atoms with E-state index in [9.17, 15) is 4.79 Å². The standard InChI is InChI=1S/C16H27N3O2/c1-11-6-12(2)9-19(8-11)10-14(20)17-15-7-13(18-21-15)16(3,4)5/h7,11-12H,6,8-10H2,1-5H3,(H,17,20)/p+1/t11-,12+. The fraction of sp³-hybridized carbons (Fsp3) is 0.750. The van der Waals surface area contributed by atoms with Crippen LogP contribution in [0.2, 0.25) is 0 Å². The molecule has 1 saturated heterocycles. The Bertz CT molecular complexity index is 480. The lowest BCUT2D eigenvalue weighted by Gasteiger charge is -2.31. The van der Waals surface area contributed by atoms with E-state index in [0.29, 0.717) is 24.3 Å². The molecule has 0 spiro atoms. The van der Waals surface area contributed by atoms with Crippen molar-refractivity contribution in [3.05, 3.63) is 11.8 Å². The van der Waals surface area contributed by atoms with Crippen LogP contribution in [0, 0.1) is 11.8 Å². The zero-order chi connectivity index (χ0) is 15.6. The Balaban J connectivity index is 1.88. The summed E-state index contributed by atoms with van der Waals surface area (Å²) in [5, 5.41) is 6.84. The Hall–Kier alpha value is -1.36. The van der Waals surface area contributed by atoms with Gasteiger partial charge in [0.1, 0.15) is 0 Å². The number of nitrogens with one attached hydrogen (secondary N) is 2. The number of nitrogens with zero attached hydrogens (tertiary/aromatic N) is 1. The lowest BCUT2D eigenvalue weighted by atomic mass is 9.92. The molecule has 1 aromatic heterocycles. The second-order valence-corrected chi connectivity index (χ2v) is 7.66. The molecule has 1 aliphatic heterocycles. The van der Waals surface area contributed by atoms with Gasteiger partial charge in [0, 0.05) is 23.3 Å². The molecule has 0 saturated carbocycles. The molecule has 1 aromatic rings. The number of piperidine rings is 1. The van der Waals surface area contributed by atoms with Gasteiger partial charge in [-0.25, -0.2) is 0 Å². The van der Waals surface area contributed by atoms with Gasteiger partial charge in [0.2, 0.25) is 5.88 Å². The van der Waals surface area contributed by atoms with Crippen molar-refractivity contribution < 1.29 is 14.2 Å². The van der Waals surface area contributed by atoms with Gasteiger partial charge in [0.25, 0.3) is 5.91 Å². The summed E-state index contributed by atoms with van der Waals surface area (Å²) in [5.74, 6) is 1.83. The second-order valence-electron chi connectivity index (χ2n) is 7.66. The first-order valence-electron chi connectivity index (χ1n) is 7.84. The number of anilines is 1. The third-order valence-electron chi connectivity index (χ3n) is 4.03. The number of hydrogen-bond donors (Lipinski definition) is 2. The van der Waals surface area contributed by atoms with E-state index in [1.54, 1.807) is 0 Å². The van der Waals surface area contributed by atoms with Gasteiger partial charge in [-0.15, -0.1) is 0 Å². The molecule has 1 amide bonds. The monoisotopic (exact) mass is 294 g/mol. The van der Waals surface area contributed by atoms with Crippen LogP contribution in [0.3, 0.4) is 0 Å². The van der Waals surface area contributed by atoms with Crippen LogP contribution in [0.4, 0.5) is 5.88 Å². The average Bonchev–Trinajstić information content (AvgIpc) is 2.75. The molecule has 5 heteroatoms. The Labute approximate surface area is 127 Å². The summed E-state index contributed by atoms with van der Waals surface area (Å²) in [6.07, 6.45) is 1.27. The fourth-order valence-corrected chi connectivity index (χ4v) is 3.16. The quantitative estimate of drug-likeness (QED) is 0.887. The molecule has 0 radical (unpaired) electrons. The molecule has 1 fully saturated rings. The van der Waals surface area contributed by atoms with Crippen LogP contribution in [0.15, 0.2) is 10.6 Å². The average molecular weight is 294 g/mol. The molecule has 0 aromatic carbocycles. The van der Waals surface area contributed by atoms with Gasteiger partial charge in [-0.3, -0.25) is 10.1 Å². The predicted molar refractivity (Wildman–Crippen MR) is 82.3 cm³/mol. The molecule has 0 aliphatic carbocycles. The van der Waals surface area contributed by atoms with Gasteiger partial charge in [0.15, 0.2) is 6.54 Å². The summed E-state index contributed by atoms with van der Waals surface area (Å²) in [5.41, 5.74) is 0.778. The number of amides is 1. The van der Waals surface area contributed by atoms with Crippen molar-refractivity contribution in [1.82, 2.24) is 5.16 Å². The van der Waals surface area contributed by atoms with E-state index in [1.807, 2.05) is 6.07 Å². The Morgan fingerprint density at radius 2 is 2.00 bits per heavy atom. The van der Waals surface area contributed by atoms with E-state index in [4.69, 9.17) is 4.52 Å². The van der Waals surface area contributed by atoms with Crippen molar-refractivity contribution in [2.75, 3.05) is 25.0 Å². The van der Waals surface area contributed by atoms with Gasteiger partial charge in [0.05, 0.1) is 18.8 Å². The van der Waals surface area contributed by atoms with Crippen LogP contribution < -0.4 is 10.2 Å². The molecule has 0 bridgehead atoms. The number of rotatable bonds is 3. The van der Waals surface area contributed by atoms with Crippen LogP contribution in [-0.2, 0) is 10.2 Å². The molecule has 2 rings (SSSR count). The highest BCUT2D eigenvalue weighted by atomic mass is 16.5.